The third-order valence-corrected chi connectivity index (χ3v) is 2.95. The van der Waals surface area contributed by atoms with Gasteiger partial charge in [-0.2, -0.15) is 13.2 Å². The van der Waals surface area contributed by atoms with Crippen LogP contribution in [0.1, 0.15) is 18.1 Å². The van der Waals surface area contributed by atoms with E-state index in [-0.39, 0.29) is 18.6 Å². The topological polar surface area (TPSA) is 21.3 Å². The van der Waals surface area contributed by atoms with Crippen LogP contribution in [0.25, 0.3) is 0 Å². The van der Waals surface area contributed by atoms with Gasteiger partial charge in [-0.1, -0.05) is 25.1 Å². The SMILES string of the molecule is CC1CNC(Cc2cccc(C(F)(F)F)c2)OC1.Cl. The minimum absolute atomic E-state index is 0. The summed E-state index contributed by atoms with van der Waals surface area (Å²) in [5.74, 6) is 0.447. The molecule has 1 saturated heterocycles. The summed E-state index contributed by atoms with van der Waals surface area (Å²) in [6.07, 6.45) is -4.02. The Kier molecular flexibility index (Phi) is 5.64. The number of nitrogens with one attached hydrogen (secondary N) is 1. The van der Waals surface area contributed by atoms with E-state index in [0.717, 1.165) is 12.6 Å². The number of hydrogen-bond acceptors (Lipinski definition) is 2. The molecule has 108 valence electrons. The summed E-state index contributed by atoms with van der Waals surface area (Å²) in [5.41, 5.74) is 0.0288. The van der Waals surface area contributed by atoms with Crippen LogP contribution < -0.4 is 5.32 Å². The van der Waals surface area contributed by atoms with Crippen molar-refractivity contribution in [2.75, 3.05) is 13.2 Å². The van der Waals surface area contributed by atoms with Crippen molar-refractivity contribution in [2.24, 2.45) is 5.92 Å². The summed E-state index contributed by atoms with van der Waals surface area (Å²) in [6.45, 7) is 3.55. The van der Waals surface area contributed by atoms with Gasteiger partial charge in [0.2, 0.25) is 0 Å². The molecule has 6 heteroatoms. The van der Waals surface area contributed by atoms with Gasteiger partial charge >= 0.3 is 6.18 Å². The smallest absolute Gasteiger partial charge is 0.363 e. The van der Waals surface area contributed by atoms with Crippen molar-refractivity contribution in [2.45, 2.75) is 25.7 Å². The average molecular weight is 296 g/mol. The molecular formula is C13H17ClF3NO. The first-order valence-electron chi connectivity index (χ1n) is 5.96. The molecule has 0 bridgehead atoms. The zero-order valence-corrected chi connectivity index (χ0v) is 11.4. The summed E-state index contributed by atoms with van der Waals surface area (Å²) in [5, 5.41) is 3.17. The molecule has 1 aromatic rings. The van der Waals surface area contributed by atoms with E-state index >= 15 is 0 Å². The summed E-state index contributed by atoms with van der Waals surface area (Å²) in [7, 11) is 0. The Balaban J connectivity index is 0.00000180. The van der Waals surface area contributed by atoms with Gasteiger partial charge in [-0.15, -0.1) is 12.4 Å². The maximum Gasteiger partial charge on any atom is 0.416 e. The van der Waals surface area contributed by atoms with Crippen molar-refractivity contribution >= 4 is 12.4 Å². The molecule has 0 radical (unpaired) electrons. The standard InChI is InChI=1S/C13H16F3NO.ClH/c1-9-7-17-12(18-8-9)6-10-3-2-4-11(5-10)13(14,15)16;/h2-5,9,12,17H,6-8H2,1H3;1H. The van der Waals surface area contributed by atoms with E-state index < -0.39 is 11.7 Å². The first kappa shape index (κ1) is 16.3. The van der Waals surface area contributed by atoms with Crippen LogP contribution in [0.4, 0.5) is 13.2 Å². The monoisotopic (exact) mass is 295 g/mol. The lowest BCUT2D eigenvalue weighted by Gasteiger charge is -2.28. The molecule has 0 spiro atoms. The normalized spacial score (nSPS) is 23.8. The molecule has 1 heterocycles. The van der Waals surface area contributed by atoms with E-state index in [1.807, 2.05) is 0 Å². The van der Waals surface area contributed by atoms with Gasteiger partial charge in [0.25, 0.3) is 0 Å². The molecule has 0 amide bonds. The van der Waals surface area contributed by atoms with Crippen molar-refractivity contribution in [1.29, 1.82) is 0 Å². The Bertz CT molecular complexity index is 403. The van der Waals surface area contributed by atoms with Crippen molar-refractivity contribution in [3.63, 3.8) is 0 Å². The lowest BCUT2D eigenvalue weighted by atomic mass is 10.1. The van der Waals surface area contributed by atoms with Gasteiger partial charge in [-0.05, 0) is 17.5 Å². The number of ether oxygens (including phenoxy) is 1. The predicted octanol–water partition coefficient (Wildman–Crippen LogP) is 3.25. The number of hydrogen-bond donors (Lipinski definition) is 1. The first-order chi connectivity index (χ1) is 8.45. The number of benzene rings is 1. The van der Waals surface area contributed by atoms with Crippen LogP contribution >= 0.6 is 12.4 Å². The number of halogens is 4. The summed E-state index contributed by atoms with van der Waals surface area (Å²) < 4.78 is 43.2. The predicted molar refractivity (Wildman–Crippen MR) is 69.3 cm³/mol. The molecule has 1 aliphatic rings. The van der Waals surface area contributed by atoms with Crippen LogP contribution in [0.15, 0.2) is 24.3 Å². The molecule has 2 atom stereocenters. The van der Waals surface area contributed by atoms with E-state index in [9.17, 15) is 13.2 Å². The highest BCUT2D eigenvalue weighted by molar-refractivity contribution is 5.85. The van der Waals surface area contributed by atoms with E-state index in [0.29, 0.717) is 24.5 Å². The van der Waals surface area contributed by atoms with Gasteiger partial charge in [-0.25, -0.2) is 0 Å². The quantitative estimate of drug-likeness (QED) is 0.904. The summed E-state index contributed by atoms with van der Waals surface area (Å²) in [6, 6.07) is 5.39. The highest BCUT2D eigenvalue weighted by atomic mass is 35.5. The Labute approximate surface area is 116 Å². The molecule has 0 aliphatic carbocycles. The fraction of sp³-hybridized carbons (Fsp3) is 0.538. The zero-order valence-electron chi connectivity index (χ0n) is 10.5. The lowest BCUT2D eigenvalue weighted by Crippen LogP contribution is -2.43. The minimum Gasteiger partial charge on any atom is -0.363 e. The molecule has 2 unspecified atom stereocenters. The van der Waals surface area contributed by atoms with E-state index in [1.54, 1.807) is 6.07 Å². The fourth-order valence-corrected chi connectivity index (χ4v) is 1.95. The number of alkyl halides is 3. The van der Waals surface area contributed by atoms with E-state index in [1.165, 1.54) is 12.1 Å². The molecule has 19 heavy (non-hydrogen) atoms. The molecule has 1 fully saturated rings. The van der Waals surface area contributed by atoms with Gasteiger partial charge in [0.15, 0.2) is 0 Å². The molecule has 0 aromatic heterocycles. The van der Waals surface area contributed by atoms with Crippen molar-refractivity contribution in [1.82, 2.24) is 5.32 Å². The van der Waals surface area contributed by atoms with Crippen LogP contribution in [0.3, 0.4) is 0 Å². The fourth-order valence-electron chi connectivity index (χ4n) is 1.95. The first-order valence-corrected chi connectivity index (χ1v) is 5.96. The maximum absolute atomic E-state index is 12.6. The van der Waals surface area contributed by atoms with E-state index in [4.69, 9.17) is 4.74 Å². The van der Waals surface area contributed by atoms with Gasteiger partial charge in [0.1, 0.15) is 6.23 Å². The molecule has 0 saturated carbocycles. The van der Waals surface area contributed by atoms with Crippen LogP contribution in [0.2, 0.25) is 0 Å². The molecule has 2 rings (SSSR count). The summed E-state index contributed by atoms with van der Waals surface area (Å²) >= 11 is 0. The Morgan fingerprint density at radius 1 is 1.37 bits per heavy atom. The largest absolute Gasteiger partial charge is 0.416 e. The second kappa shape index (κ2) is 6.59. The highest BCUT2D eigenvalue weighted by Crippen LogP contribution is 2.29. The van der Waals surface area contributed by atoms with Crippen molar-refractivity contribution in [3.05, 3.63) is 35.4 Å². The second-order valence-electron chi connectivity index (χ2n) is 4.74. The third kappa shape index (κ3) is 4.67. The molecule has 2 nitrogen and oxygen atoms in total. The third-order valence-electron chi connectivity index (χ3n) is 2.95. The molecular weight excluding hydrogens is 279 g/mol. The number of rotatable bonds is 2. The Morgan fingerprint density at radius 2 is 2.11 bits per heavy atom. The van der Waals surface area contributed by atoms with Gasteiger partial charge in [0, 0.05) is 13.0 Å². The van der Waals surface area contributed by atoms with E-state index in [2.05, 4.69) is 12.2 Å². The maximum atomic E-state index is 12.6. The van der Waals surface area contributed by atoms with Crippen LogP contribution in [0.5, 0.6) is 0 Å². The molecule has 1 aromatic carbocycles. The van der Waals surface area contributed by atoms with Crippen molar-refractivity contribution < 1.29 is 17.9 Å². The van der Waals surface area contributed by atoms with Crippen LogP contribution in [-0.4, -0.2) is 19.4 Å². The molecule has 1 aliphatic heterocycles. The van der Waals surface area contributed by atoms with Gasteiger partial charge < -0.3 is 4.74 Å². The minimum atomic E-state index is -4.29. The van der Waals surface area contributed by atoms with Crippen LogP contribution in [-0.2, 0) is 17.3 Å². The summed E-state index contributed by atoms with van der Waals surface area (Å²) in [4.78, 5) is 0. The second-order valence-corrected chi connectivity index (χ2v) is 4.74. The Morgan fingerprint density at radius 3 is 2.68 bits per heavy atom. The lowest BCUT2D eigenvalue weighted by molar-refractivity contribution is -0.137. The van der Waals surface area contributed by atoms with Crippen molar-refractivity contribution in [3.8, 4) is 0 Å². The Hall–Kier alpha value is -0.780. The van der Waals surface area contributed by atoms with Gasteiger partial charge in [-0.3, -0.25) is 5.32 Å². The van der Waals surface area contributed by atoms with Gasteiger partial charge in [0.05, 0.1) is 12.2 Å². The zero-order chi connectivity index (χ0) is 13.2. The highest BCUT2D eigenvalue weighted by Gasteiger charge is 2.30. The molecule has 1 N–H and O–H groups in total. The van der Waals surface area contributed by atoms with Crippen LogP contribution in [0, 0.1) is 5.92 Å². The average Bonchev–Trinajstić information content (AvgIpc) is 2.31.